The van der Waals surface area contributed by atoms with Gasteiger partial charge < -0.3 is 4.90 Å². The molecule has 19 heavy (non-hydrogen) atoms. The maximum absolute atomic E-state index is 12.5. The van der Waals surface area contributed by atoms with Crippen LogP contribution in [0.1, 0.15) is 43.7 Å². The molecule has 0 aliphatic carbocycles. The molecule has 0 N–H and O–H groups in total. The molecule has 1 amide bonds. The molecule has 106 valence electrons. The van der Waals surface area contributed by atoms with E-state index in [2.05, 4.69) is 16.9 Å². The Morgan fingerprint density at radius 2 is 2.00 bits per heavy atom. The summed E-state index contributed by atoms with van der Waals surface area (Å²) in [6, 6.07) is 2.04. The number of hydrogen-bond acceptors (Lipinski definition) is 3. The largest absolute Gasteiger partial charge is 0.335 e. The predicted octanol–water partition coefficient (Wildman–Crippen LogP) is 1.63. The van der Waals surface area contributed by atoms with Gasteiger partial charge in [0.15, 0.2) is 0 Å². The lowest BCUT2D eigenvalue weighted by atomic mass is 10.2. The average Bonchev–Trinajstić information content (AvgIpc) is 2.88. The Kier molecular flexibility index (Phi) is 4.58. The SMILES string of the molecule is CCCN1CCN(C(=O)c2ccnn2C(C)C)CC1. The summed E-state index contributed by atoms with van der Waals surface area (Å²) >= 11 is 0. The topological polar surface area (TPSA) is 41.4 Å². The van der Waals surface area contributed by atoms with Gasteiger partial charge in [0.25, 0.3) is 5.91 Å². The molecule has 2 rings (SSSR count). The van der Waals surface area contributed by atoms with Gasteiger partial charge in [0.2, 0.25) is 0 Å². The highest BCUT2D eigenvalue weighted by Gasteiger charge is 2.24. The van der Waals surface area contributed by atoms with Gasteiger partial charge in [-0.2, -0.15) is 5.10 Å². The molecule has 1 fully saturated rings. The Morgan fingerprint density at radius 3 is 2.58 bits per heavy atom. The lowest BCUT2D eigenvalue weighted by Gasteiger charge is -2.34. The van der Waals surface area contributed by atoms with Crippen LogP contribution in [0, 0.1) is 0 Å². The van der Waals surface area contributed by atoms with Crippen LogP contribution in [0.15, 0.2) is 12.3 Å². The van der Waals surface area contributed by atoms with Crippen molar-refractivity contribution in [1.82, 2.24) is 19.6 Å². The fourth-order valence-electron chi connectivity index (χ4n) is 2.55. The van der Waals surface area contributed by atoms with Crippen LogP contribution >= 0.6 is 0 Å². The number of amides is 1. The van der Waals surface area contributed by atoms with Gasteiger partial charge in [-0.05, 0) is 32.9 Å². The molecular formula is C14H24N4O. The maximum atomic E-state index is 12.5. The van der Waals surface area contributed by atoms with Crippen molar-refractivity contribution in [1.29, 1.82) is 0 Å². The summed E-state index contributed by atoms with van der Waals surface area (Å²) in [6.07, 6.45) is 2.88. The smallest absolute Gasteiger partial charge is 0.272 e. The molecule has 0 radical (unpaired) electrons. The van der Waals surface area contributed by atoms with Crippen molar-refractivity contribution in [2.75, 3.05) is 32.7 Å². The minimum absolute atomic E-state index is 0.113. The van der Waals surface area contributed by atoms with Gasteiger partial charge in [-0.3, -0.25) is 14.4 Å². The first-order valence-electron chi connectivity index (χ1n) is 7.18. The molecule has 0 spiro atoms. The highest BCUT2D eigenvalue weighted by Crippen LogP contribution is 2.12. The lowest BCUT2D eigenvalue weighted by molar-refractivity contribution is 0.0623. The quantitative estimate of drug-likeness (QED) is 0.830. The van der Waals surface area contributed by atoms with Gasteiger partial charge in [-0.25, -0.2) is 0 Å². The molecule has 0 atom stereocenters. The van der Waals surface area contributed by atoms with E-state index in [1.165, 1.54) is 6.42 Å². The number of carbonyl (C=O) groups excluding carboxylic acids is 1. The van der Waals surface area contributed by atoms with Crippen LogP contribution in [0.5, 0.6) is 0 Å². The van der Waals surface area contributed by atoms with Crippen LogP contribution in [0.4, 0.5) is 0 Å². The molecule has 0 aromatic carbocycles. The normalized spacial score (nSPS) is 17.2. The first-order chi connectivity index (χ1) is 9.13. The zero-order chi connectivity index (χ0) is 13.8. The van der Waals surface area contributed by atoms with E-state index in [1.54, 1.807) is 10.9 Å². The predicted molar refractivity (Wildman–Crippen MR) is 75.2 cm³/mol. The van der Waals surface area contributed by atoms with Crippen molar-refractivity contribution in [2.24, 2.45) is 0 Å². The standard InChI is InChI=1S/C14H24N4O/c1-4-7-16-8-10-17(11-9-16)14(19)13-5-6-15-18(13)12(2)3/h5-6,12H,4,7-11H2,1-3H3. The van der Waals surface area contributed by atoms with Crippen LogP contribution in [0.3, 0.4) is 0 Å². The molecule has 2 heterocycles. The fourth-order valence-corrected chi connectivity index (χ4v) is 2.55. The molecular weight excluding hydrogens is 240 g/mol. The first kappa shape index (κ1) is 14.1. The Bertz CT molecular complexity index is 419. The Morgan fingerprint density at radius 1 is 1.32 bits per heavy atom. The van der Waals surface area contributed by atoms with Crippen LogP contribution < -0.4 is 0 Å². The molecule has 5 heteroatoms. The third-order valence-corrected chi connectivity index (χ3v) is 3.58. The van der Waals surface area contributed by atoms with Gasteiger partial charge in [0, 0.05) is 38.4 Å². The van der Waals surface area contributed by atoms with Crippen LogP contribution in [0.2, 0.25) is 0 Å². The second-order valence-electron chi connectivity index (χ2n) is 5.39. The first-order valence-corrected chi connectivity index (χ1v) is 7.18. The van der Waals surface area contributed by atoms with E-state index in [9.17, 15) is 4.79 Å². The second-order valence-corrected chi connectivity index (χ2v) is 5.39. The third-order valence-electron chi connectivity index (χ3n) is 3.58. The Hall–Kier alpha value is -1.36. The minimum atomic E-state index is 0.113. The summed E-state index contributed by atoms with van der Waals surface area (Å²) < 4.78 is 1.81. The molecule has 0 bridgehead atoms. The summed E-state index contributed by atoms with van der Waals surface area (Å²) in [5.41, 5.74) is 0.707. The lowest BCUT2D eigenvalue weighted by Crippen LogP contribution is -2.49. The molecule has 0 saturated carbocycles. The number of rotatable bonds is 4. The summed E-state index contributed by atoms with van der Waals surface area (Å²) in [4.78, 5) is 16.9. The second kappa shape index (κ2) is 6.19. The molecule has 5 nitrogen and oxygen atoms in total. The molecule has 1 aromatic heterocycles. The number of hydrogen-bond donors (Lipinski definition) is 0. The van der Waals surface area contributed by atoms with Crippen molar-refractivity contribution in [2.45, 2.75) is 33.2 Å². The van der Waals surface area contributed by atoms with Crippen molar-refractivity contribution < 1.29 is 4.79 Å². The number of nitrogens with zero attached hydrogens (tertiary/aromatic N) is 4. The average molecular weight is 264 g/mol. The number of piperazine rings is 1. The summed E-state index contributed by atoms with van der Waals surface area (Å²) in [7, 11) is 0. The summed E-state index contributed by atoms with van der Waals surface area (Å²) in [5, 5.41) is 4.23. The van der Waals surface area contributed by atoms with Crippen molar-refractivity contribution in [3.8, 4) is 0 Å². The van der Waals surface area contributed by atoms with Crippen LogP contribution in [-0.4, -0.2) is 58.2 Å². The van der Waals surface area contributed by atoms with E-state index in [1.807, 2.05) is 24.8 Å². The summed E-state index contributed by atoms with van der Waals surface area (Å²) in [5.74, 6) is 0.113. The van der Waals surface area contributed by atoms with Crippen molar-refractivity contribution in [3.63, 3.8) is 0 Å². The van der Waals surface area contributed by atoms with Crippen LogP contribution in [-0.2, 0) is 0 Å². The van der Waals surface area contributed by atoms with Gasteiger partial charge >= 0.3 is 0 Å². The minimum Gasteiger partial charge on any atom is -0.335 e. The zero-order valence-corrected chi connectivity index (χ0v) is 12.2. The molecule has 0 unspecified atom stereocenters. The fraction of sp³-hybridized carbons (Fsp3) is 0.714. The van der Waals surface area contributed by atoms with E-state index >= 15 is 0 Å². The van der Waals surface area contributed by atoms with E-state index in [0.29, 0.717) is 5.69 Å². The van der Waals surface area contributed by atoms with E-state index in [0.717, 1.165) is 32.7 Å². The number of carbonyl (C=O) groups is 1. The third kappa shape index (κ3) is 3.15. The molecule has 1 aliphatic rings. The highest BCUT2D eigenvalue weighted by atomic mass is 16.2. The molecule has 1 saturated heterocycles. The van der Waals surface area contributed by atoms with Gasteiger partial charge in [0.1, 0.15) is 5.69 Å². The van der Waals surface area contributed by atoms with Gasteiger partial charge in [-0.15, -0.1) is 0 Å². The Balaban J connectivity index is 1.99. The van der Waals surface area contributed by atoms with Crippen molar-refractivity contribution in [3.05, 3.63) is 18.0 Å². The van der Waals surface area contributed by atoms with E-state index in [-0.39, 0.29) is 11.9 Å². The summed E-state index contributed by atoms with van der Waals surface area (Å²) in [6.45, 7) is 11.0. The zero-order valence-electron chi connectivity index (χ0n) is 12.2. The maximum Gasteiger partial charge on any atom is 0.272 e. The van der Waals surface area contributed by atoms with Crippen molar-refractivity contribution >= 4 is 5.91 Å². The van der Waals surface area contributed by atoms with Gasteiger partial charge in [-0.1, -0.05) is 6.92 Å². The molecule has 1 aliphatic heterocycles. The van der Waals surface area contributed by atoms with Gasteiger partial charge in [0.05, 0.1) is 0 Å². The molecule has 1 aromatic rings. The van der Waals surface area contributed by atoms with E-state index < -0.39 is 0 Å². The monoisotopic (exact) mass is 264 g/mol. The van der Waals surface area contributed by atoms with Crippen LogP contribution in [0.25, 0.3) is 0 Å². The number of aromatic nitrogens is 2. The Labute approximate surface area is 115 Å². The highest BCUT2D eigenvalue weighted by molar-refractivity contribution is 5.92. The van der Waals surface area contributed by atoms with E-state index in [4.69, 9.17) is 0 Å².